The number of nitrogens with two attached hydrogens (primary N) is 1. The van der Waals surface area contributed by atoms with E-state index in [9.17, 15) is 0 Å². The Kier molecular flexibility index (Phi) is 6.96. The van der Waals surface area contributed by atoms with Gasteiger partial charge in [-0.25, -0.2) is 0 Å². The molecule has 5 heteroatoms. The van der Waals surface area contributed by atoms with Gasteiger partial charge in [0, 0.05) is 46.4 Å². The fraction of sp³-hybridized carbons (Fsp3) is 0.917. The van der Waals surface area contributed by atoms with Crippen LogP contribution >= 0.6 is 12.2 Å². The fourth-order valence-electron chi connectivity index (χ4n) is 2.37. The lowest BCUT2D eigenvalue weighted by atomic mass is 10.1. The van der Waals surface area contributed by atoms with Crippen LogP contribution in [-0.4, -0.2) is 67.3 Å². The van der Waals surface area contributed by atoms with Crippen molar-refractivity contribution in [2.75, 3.05) is 46.4 Å². The molecule has 0 bridgehead atoms. The summed E-state index contributed by atoms with van der Waals surface area (Å²) in [6.07, 6.45) is 2.13. The largest absolute Gasteiger partial charge is 0.392 e. The molecule has 1 heterocycles. The lowest BCUT2D eigenvalue weighted by Gasteiger charge is -2.38. The zero-order valence-corrected chi connectivity index (χ0v) is 11.8. The van der Waals surface area contributed by atoms with Crippen molar-refractivity contribution in [2.45, 2.75) is 25.8 Å². The van der Waals surface area contributed by atoms with Gasteiger partial charge < -0.3 is 15.4 Å². The molecule has 0 amide bonds. The summed E-state index contributed by atoms with van der Waals surface area (Å²) in [5.41, 5.74) is 5.77. The molecular weight excluding hydrogens is 234 g/mol. The van der Waals surface area contributed by atoms with Crippen LogP contribution < -0.4 is 5.73 Å². The molecule has 17 heavy (non-hydrogen) atoms. The van der Waals surface area contributed by atoms with Gasteiger partial charge in [0.1, 0.15) is 0 Å². The highest BCUT2D eigenvalue weighted by Gasteiger charge is 2.23. The topological polar surface area (TPSA) is 41.7 Å². The first kappa shape index (κ1) is 14.8. The molecule has 1 atom stereocenters. The second-order valence-corrected chi connectivity index (χ2v) is 5.02. The second kappa shape index (κ2) is 7.97. The van der Waals surface area contributed by atoms with E-state index in [0.29, 0.717) is 4.99 Å². The van der Waals surface area contributed by atoms with Crippen LogP contribution in [0.5, 0.6) is 0 Å². The van der Waals surface area contributed by atoms with Gasteiger partial charge in [-0.3, -0.25) is 4.90 Å². The predicted molar refractivity (Wildman–Crippen MR) is 75.4 cm³/mol. The Balaban J connectivity index is 2.27. The molecule has 0 spiro atoms. The van der Waals surface area contributed by atoms with Gasteiger partial charge in [-0.2, -0.15) is 0 Å². The van der Waals surface area contributed by atoms with Crippen molar-refractivity contribution in [3.8, 4) is 0 Å². The van der Waals surface area contributed by atoms with Crippen molar-refractivity contribution in [1.82, 2.24) is 9.80 Å². The fourth-order valence-corrected chi connectivity index (χ4v) is 2.69. The van der Waals surface area contributed by atoms with Crippen molar-refractivity contribution in [1.29, 1.82) is 0 Å². The summed E-state index contributed by atoms with van der Waals surface area (Å²) >= 11 is 5.12. The third-order valence-electron chi connectivity index (χ3n) is 3.39. The Morgan fingerprint density at radius 1 is 1.35 bits per heavy atom. The van der Waals surface area contributed by atoms with Gasteiger partial charge in [0.15, 0.2) is 0 Å². The minimum atomic E-state index is 0.283. The van der Waals surface area contributed by atoms with Crippen LogP contribution in [0.25, 0.3) is 0 Å². The van der Waals surface area contributed by atoms with Crippen molar-refractivity contribution < 1.29 is 4.74 Å². The van der Waals surface area contributed by atoms with Crippen LogP contribution in [0.3, 0.4) is 0 Å². The summed E-state index contributed by atoms with van der Waals surface area (Å²) in [6.45, 7) is 8.50. The summed E-state index contributed by atoms with van der Waals surface area (Å²) < 4.78 is 5.07. The van der Waals surface area contributed by atoms with E-state index in [1.807, 2.05) is 0 Å². The molecule has 1 aliphatic heterocycles. The van der Waals surface area contributed by atoms with E-state index < -0.39 is 0 Å². The average Bonchev–Trinajstić information content (AvgIpc) is 2.32. The Hall–Kier alpha value is -0.230. The zero-order valence-electron chi connectivity index (χ0n) is 11.0. The lowest BCUT2D eigenvalue weighted by molar-refractivity contribution is 0.105. The standard InChI is InChI=1S/C12H25N3OS/c1-3-11(12(13)17)15-8-6-14(7-9-15)5-4-10-16-2/h11H,3-10H2,1-2H3,(H2,13,17). The van der Waals surface area contributed by atoms with E-state index in [1.165, 1.54) is 0 Å². The Labute approximate surface area is 110 Å². The van der Waals surface area contributed by atoms with Crippen LogP contribution in [0.1, 0.15) is 19.8 Å². The lowest BCUT2D eigenvalue weighted by Crippen LogP contribution is -2.53. The number of nitrogens with zero attached hydrogens (tertiary/aromatic N) is 2. The minimum Gasteiger partial charge on any atom is -0.392 e. The Morgan fingerprint density at radius 3 is 2.47 bits per heavy atom. The monoisotopic (exact) mass is 259 g/mol. The van der Waals surface area contributed by atoms with E-state index >= 15 is 0 Å². The molecule has 1 unspecified atom stereocenters. The first-order chi connectivity index (χ1) is 8.19. The van der Waals surface area contributed by atoms with Crippen molar-refractivity contribution in [3.05, 3.63) is 0 Å². The van der Waals surface area contributed by atoms with Crippen molar-refractivity contribution >= 4 is 17.2 Å². The van der Waals surface area contributed by atoms with Gasteiger partial charge in [-0.1, -0.05) is 19.1 Å². The third-order valence-corrected chi connectivity index (χ3v) is 3.66. The van der Waals surface area contributed by atoms with Gasteiger partial charge in [0.05, 0.1) is 11.0 Å². The summed E-state index contributed by atoms with van der Waals surface area (Å²) in [7, 11) is 1.76. The van der Waals surface area contributed by atoms with Gasteiger partial charge in [-0.15, -0.1) is 0 Å². The summed E-state index contributed by atoms with van der Waals surface area (Å²) in [6, 6.07) is 0.283. The van der Waals surface area contributed by atoms with Crippen LogP contribution in [0.4, 0.5) is 0 Å². The van der Waals surface area contributed by atoms with E-state index in [0.717, 1.165) is 52.2 Å². The highest BCUT2D eigenvalue weighted by molar-refractivity contribution is 7.80. The molecule has 0 aliphatic carbocycles. The smallest absolute Gasteiger partial charge is 0.0901 e. The molecule has 2 N–H and O–H groups in total. The predicted octanol–water partition coefficient (Wildman–Crippen LogP) is 0.705. The number of rotatable bonds is 7. The Bertz CT molecular complexity index is 230. The number of hydrogen-bond donors (Lipinski definition) is 1. The second-order valence-electron chi connectivity index (χ2n) is 4.55. The van der Waals surface area contributed by atoms with Crippen LogP contribution in [-0.2, 0) is 4.74 Å². The van der Waals surface area contributed by atoms with Crippen molar-refractivity contribution in [3.63, 3.8) is 0 Å². The normalized spacial score (nSPS) is 20.4. The molecule has 1 fully saturated rings. The maximum Gasteiger partial charge on any atom is 0.0901 e. The molecule has 0 aromatic rings. The molecule has 1 rings (SSSR count). The van der Waals surface area contributed by atoms with Crippen LogP contribution in [0.15, 0.2) is 0 Å². The molecule has 4 nitrogen and oxygen atoms in total. The first-order valence-electron chi connectivity index (χ1n) is 6.43. The van der Waals surface area contributed by atoms with Gasteiger partial charge >= 0.3 is 0 Å². The molecule has 1 aliphatic rings. The first-order valence-corrected chi connectivity index (χ1v) is 6.84. The van der Waals surface area contributed by atoms with E-state index in [1.54, 1.807) is 7.11 Å². The van der Waals surface area contributed by atoms with E-state index in [2.05, 4.69) is 16.7 Å². The molecule has 0 radical (unpaired) electrons. The van der Waals surface area contributed by atoms with Crippen molar-refractivity contribution in [2.24, 2.45) is 5.73 Å². The molecule has 1 saturated heterocycles. The minimum absolute atomic E-state index is 0.283. The molecule has 0 aromatic carbocycles. The average molecular weight is 259 g/mol. The van der Waals surface area contributed by atoms with Gasteiger partial charge in [0.2, 0.25) is 0 Å². The zero-order chi connectivity index (χ0) is 12.7. The van der Waals surface area contributed by atoms with Gasteiger partial charge in [-0.05, 0) is 12.8 Å². The highest BCUT2D eigenvalue weighted by atomic mass is 32.1. The summed E-state index contributed by atoms with van der Waals surface area (Å²) in [4.78, 5) is 5.54. The Morgan fingerprint density at radius 2 is 2.00 bits per heavy atom. The molecule has 0 saturated carbocycles. The quantitative estimate of drug-likeness (QED) is 0.538. The molecule has 100 valence electrons. The summed E-state index contributed by atoms with van der Waals surface area (Å²) in [5.74, 6) is 0. The van der Waals surface area contributed by atoms with E-state index in [4.69, 9.17) is 22.7 Å². The third kappa shape index (κ3) is 4.87. The maximum absolute atomic E-state index is 5.77. The number of hydrogen-bond acceptors (Lipinski definition) is 4. The maximum atomic E-state index is 5.77. The van der Waals surface area contributed by atoms with Crippen LogP contribution in [0.2, 0.25) is 0 Å². The van der Waals surface area contributed by atoms with Gasteiger partial charge in [0.25, 0.3) is 0 Å². The molecule has 0 aromatic heterocycles. The van der Waals surface area contributed by atoms with Crippen LogP contribution in [0, 0.1) is 0 Å². The number of thiocarbonyl (C=S) groups is 1. The molecular formula is C12H25N3OS. The SMILES string of the molecule is CCC(C(N)=S)N1CCN(CCCOC)CC1. The number of piperazine rings is 1. The number of ether oxygens (including phenoxy) is 1. The number of methoxy groups -OCH3 is 1. The summed E-state index contributed by atoms with van der Waals surface area (Å²) in [5, 5.41) is 0. The van der Waals surface area contributed by atoms with E-state index in [-0.39, 0.29) is 6.04 Å². The highest BCUT2D eigenvalue weighted by Crippen LogP contribution is 2.10.